The maximum atomic E-state index is 6.09. The fraction of sp³-hybridized carbons (Fsp3) is 0.545. The molecule has 2 aromatic heterocycles. The average Bonchev–Trinajstić information content (AvgIpc) is 2.95. The van der Waals surface area contributed by atoms with Crippen molar-refractivity contribution in [3.05, 3.63) is 23.4 Å². The highest BCUT2D eigenvalue weighted by Gasteiger charge is 2.17. The number of nitrogens with zero attached hydrogens (tertiary/aromatic N) is 4. The van der Waals surface area contributed by atoms with Crippen LogP contribution >= 0.6 is 11.6 Å². The first kappa shape index (κ1) is 10.9. The third-order valence-corrected chi connectivity index (χ3v) is 3.32. The van der Waals surface area contributed by atoms with Crippen molar-refractivity contribution in [2.75, 3.05) is 6.61 Å². The molecule has 2 aromatic rings. The normalized spacial score (nSPS) is 20.2. The molecule has 0 amide bonds. The Balaban J connectivity index is 1.80. The first-order valence-corrected chi connectivity index (χ1v) is 6.17. The van der Waals surface area contributed by atoms with Crippen LogP contribution in [0.3, 0.4) is 0 Å². The van der Waals surface area contributed by atoms with Crippen molar-refractivity contribution in [2.24, 2.45) is 0 Å². The summed E-state index contributed by atoms with van der Waals surface area (Å²) in [7, 11) is 0. The van der Waals surface area contributed by atoms with E-state index < -0.39 is 0 Å². The van der Waals surface area contributed by atoms with Crippen LogP contribution in [-0.4, -0.2) is 32.3 Å². The third-order valence-electron chi connectivity index (χ3n) is 3.05. The molecule has 1 saturated heterocycles. The molecule has 6 heteroatoms. The van der Waals surface area contributed by atoms with Gasteiger partial charge in [-0.3, -0.25) is 9.38 Å². The Morgan fingerprint density at radius 3 is 3.18 bits per heavy atom. The summed E-state index contributed by atoms with van der Waals surface area (Å²) < 4.78 is 7.43. The Hall–Kier alpha value is -1.20. The molecule has 0 aliphatic carbocycles. The Morgan fingerprint density at radius 2 is 2.35 bits per heavy atom. The Kier molecular flexibility index (Phi) is 2.94. The van der Waals surface area contributed by atoms with Crippen molar-refractivity contribution in [2.45, 2.75) is 31.8 Å². The first-order chi connectivity index (χ1) is 8.34. The summed E-state index contributed by atoms with van der Waals surface area (Å²) in [5.41, 5.74) is 0.694. The molecule has 1 atom stereocenters. The molecule has 0 spiro atoms. The largest absolute Gasteiger partial charge is 0.378 e. The summed E-state index contributed by atoms with van der Waals surface area (Å²) in [6.07, 6.45) is 7.74. The van der Waals surface area contributed by atoms with Gasteiger partial charge >= 0.3 is 0 Å². The molecule has 5 nitrogen and oxygen atoms in total. The second-order valence-corrected chi connectivity index (χ2v) is 4.60. The van der Waals surface area contributed by atoms with Crippen LogP contribution in [0.15, 0.2) is 12.4 Å². The van der Waals surface area contributed by atoms with Gasteiger partial charge in [0.1, 0.15) is 11.0 Å². The Morgan fingerprint density at radius 1 is 1.41 bits per heavy atom. The van der Waals surface area contributed by atoms with E-state index >= 15 is 0 Å². The van der Waals surface area contributed by atoms with Crippen molar-refractivity contribution < 1.29 is 4.74 Å². The smallest absolute Gasteiger partial charge is 0.180 e. The van der Waals surface area contributed by atoms with Gasteiger partial charge in [-0.05, 0) is 19.3 Å². The van der Waals surface area contributed by atoms with Crippen molar-refractivity contribution in [1.82, 2.24) is 19.6 Å². The maximum absolute atomic E-state index is 6.09. The molecular formula is C11H13ClN4O. The molecule has 1 unspecified atom stereocenters. The van der Waals surface area contributed by atoms with Crippen LogP contribution in [0.5, 0.6) is 0 Å². The van der Waals surface area contributed by atoms with Crippen LogP contribution in [0.1, 0.15) is 25.1 Å². The predicted octanol–water partition coefficient (Wildman–Crippen LogP) is 1.89. The number of halogens is 1. The molecule has 0 saturated carbocycles. The third kappa shape index (κ3) is 2.12. The molecule has 1 aliphatic rings. The van der Waals surface area contributed by atoms with Gasteiger partial charge in [0, 0.05) is 13.0 Å². The van der Waals surface area contributed by atoms with Gasteiger partial charge in [0.2, 0.25) is 0 Å². The lowest BCUT2D eigenvalue weighted by molar-refractivity contribution is 0.104. The number of hydrogen-bond acceptors (Lipinski definition) is 4. The molecule has 17 heavy (non-hydrogen) atoms. The fourth-order valence-corrected chi connectivity index (χ4v) is 2.43. The number of aryl methyl sites for hydroxylation is 1. The Bertz CT molecular complexity index is 521. The molecule has 0 aromatic carbocycles. The van der Waals surface area contributed by atoms with Crippen molar-refractivity contribution in [3.8, 4) is 0 Å². The molecule has 3 rings (SSSR count). The van der Waals surface area contributed by atoms with E-state index in [4.69, 9.17) is 16.3 Å². The summed E-state index contributed by atoms with van der Waals surface area (Å²) >= 11 is 6.09. The topological polar surface area (TPSA) is 52.3 Å². The van der Waals surface area contributed by atoms with Crippen LogP contribution in [0.25, 0.3) is 5.65 Å². The van der Waals surface area contributed by atoms with Crippen molar-refractivity contribution in [3.63, 3.8) is 0 Å². The number of aromatic nitrogens is 4. The standard InChI is InChI=1S/C11H13ClN4O/c12-9-6-13-7-11-15-14-10(16(9)11)4-3-8-2-1-5-17-8/h6-8H,1-5H2. The molecular weight excluding hydrogens is 240 g/mol. The van der Waals surface area contributed by atoms with Crippen LogP contribution in [0.4, 0.5) is 0 Å². The van der Waals surface area contributed by atoms with Crippen LogP contribution in [-0.2, 0) is 11.2 Å². The minimum Gasteiger partial charge on any atom is -0.378 e. The molecule has 0 bridgehead atoms. The summed E-state index contributed by atoms with van der Waals surface area (Å²) in [4.78, 5) is 3.98. The van der Waals surface area contributed by atoms with E-state index in [9.17, 15) is 0 Å². The van der Waals surface area contributed by atoms with Gasteiger partial charge < -0.3 is 4.74 Å². The van der Waals surface area contributed by atoms with E-state index in [0.29, 0.717) is 16.9 Å². The van der Waals surface area contributed by atoms with Gasteiger partial charge in [-0.2, -0.15) is 0 Å². The fourth-order valence-electron chi connectivity index (χ4n) is 2.19. The van der Waals surface area contributed by atoms with Crippen molar-refractivity contribution >= 4 is 17.2 Å². The van der Waals surface area contributed by atoms with Gasteiger partial charge in [-0.25, -0.2) is 0 Å². The quantitative estimate of drug-likeness (QED) is 0.837. The number of ether oxygens (including phenoxy) is 1. The summed E-state index contributed by atoms with van der Waals surface area (Å²) in [6, 6.07) is 0. The highest BCUT2D eigenvalue weighted by atomic mass is 35.5. The second kappa shape index (κ2) is 4.58. The van der Waals surface area contributed by atoms with E-state index in [0.717, 1.165) is 38.1 Å². The van der Waals surface area contributed by atoms with Gasteiger partial charge in [0.15, 0.2) is 5.65 Å². The SMILES string of the molecule is Clc1cncc2nnc(CCC3CCCO3)n12. The van der Waals surface area contributed by atoms with E-state index in [1.54, 1.807) is 12.4 Å². The lowest BCUT2D eigenvalue weighted by Gasteiger charge is -2.07. The number of rotatable bonds is 3. The zero-order valence-corrected chi connectivity index (χ0v) is 10.1. The average molecular weight is 253 g/mol. The molecule has 1 fully saturated rings. The monoisotopic (exact) mass is 252 g/mol. The van der Waals surface area contributed by atoms with E-state index in [-0.39, 0.29) is 0 Å². The number of fused-ring (bicyclic) bond motifs is 1. The molecule has 0 radical (unpaired) electrons. The highest BCUT2D eigenvalue weighted by molar-refractivity contribution is 6.29. The van der Waals surface area contributed by atoms with Crippen LogP contribution in [0, 0.1) is 0 Å². The Labute approximate surface area is 104 Å². The zero-order chi connectivity index (χ0) is 11.7. The lowest BCUT2D eigenvalue weighted by Crippen LogP contribution is -2.08. The first-order valence-electron chi connectivity index (χ1n) is 5.80. The predicted molar refractivity (Wildman–Crippen MR) is 63.1 cm³/mol. The molecule has 1 aliphatic heterocycles. The van der Waals surface area contributed by atoms with Crippen molar-refractivity contribution in [1.29, 1.82) is 0 Å². The minimum absolute atomic E-state index is 0.364. The molecule has 0 N–H and O–H groups in total. The van der Waals surface area contributed by atoms with Gasteiger partial charge in [-0.1, -0.05) is 11.6 Å². The second-order valence-electron chi connectivity index (χ2n) is 4.21. The number of hydrogen-bond donors (Lipinski definition) is 0. The van der Waals surface area contributed by atoms with Gasteiger partial charge in [0.05, 0.1) is 18.5 Å². The van der Waals surface area contributed by atoms with Gasteiger partial charge in [-0.15, -0.1) is 10.2 Å². The summed E-state index contributed by atoms with van der Waals surface area (Å²) in [5.74, 6) is 0.878. The van der Waals surface area contributed by atoms with E-state index in [2.05, 4.69) is 15.2 Å². The summed E-state index contributed by atoms with van der Waals surface area (Å²) in [5, 5.41) is 8.75. The van der Waals surface area contributed by atoms with E-state index in [1.807, 2.05) is 4.40 Å². The lowest BCUT2D eigenvalue weighted by atomic mass is 10.1. The molecule has 3 heterocycles. The van der Waals surface area contributed by atoms with Gasteiger partial charge in [0.25, 0.3) is 0 Å². The van der Waals surface area contributed by atoms with E-state index in [1.165, 1.54) is 0 Å². The summed E-state index contributed by atoms with van der Waals surface area (Å²) in [6.45, 7) is 0.885. The highest BCUT2D eigenvalue weighted by Crippen LogP contribution is 2.18. The van der Waals surface area contributed by atoms with Crippen LogP contribution < -0.4 is 0 Å². The molecule has 90 valence electrons. The maximum Gasteiger partial charge on any atom is 0.180 e. The zero-order valence-electron chi connectivity index (χ0n) is 9.34. The minimum atomic E-state index is 0.364. The van der Waals surface area contributed by atoms with Crippen LogP contribution in [0.2, 0.25) is 5.15 Å².